The van der Waals surface area contributed by atoms with Crippen molar-refractivity contribution in [3.63, 3.8) is 0 Å². The molecule has 4 aliphatic carbocycles. The molecule has 1 aromatic rings. The number of methoxy groups -OCH3 is 1. The van der Waals surface area contributed by atoms with Crippen LogP contribution in [0.1, 0.15) is 64.7 Å². The summed E-state index contributed by atoms with van der Waals surface area (Å²) in [5, 5.41) is 3.34. The maximum atomic E-state index is 12.7. The average Bonchev–Trinajstić information content (AvgIpc) is 2.83. The van der Waals surface area contributed by atoms with Crippen LogP contribution in [0.5, 0.6) is 5.75 Å². The van der Waals surface area contributed by atoms with Crippen LogP contribution >= 0.6 is 0 Å². The fraction of sp³-hybridized carbons (Fsp3) is 0.714. The molecule has 2 amide bonds. The zero-order valence-corrected chi connectivity index (χ0v) is 20.9. The zero-order valence-electron chi connectivity index (χ0n) is 20.9. The number of piperazine rings is 1. The lowest BCUT2D eigenvalue weighted by Crippen LogP contribution is -2.55. The third-order valence-corrected chi connectivity index (χ3v) is 9.23. The van der Waals surface area contributed by atoms with Gasteiger partial charge in [0.05, 0.1) is 12.8 Å². The lowest BCUT2D eigenvalue weighted by molar-refractivity contribution is -0.131. The maximum absolute atomic E-state index is 12.7. The largest absolute Gasteiger partial charge is 0.495 e. The fourth-order valence-corrected chi connectivity index (χ4v) is 7.82. The summed E-state index contributed by atoms with van der Waals surface area (Å²) in [7, 11) is 1.69. The number of amides is 2. The molecule has 5 fully saturated rings. The molecule has 0 aromatic heterocycles. The molecule has 34 heavy (non-hydrogen) atoms. The standard InChI is InChI=1S/C28H41N3O3/c1-20(28-17-21-14-22(18-28)16-23(15-21)19-28)29-26(32)8-5-9-27(33)31-12-10-30(11-13-31)24-6-3-4-7-25(24)34-2/h3-4,6-7,20-23H,5,8-19H2,1-2H3,(H,29,32). The van der Waals surface area contributed by atoms with E-state index in [1.807, 2.05) is 23.1 Å². The van der Waals surface area contributed by atoms with Crippen LogP contribution in [0.15, 0.2) is 24.3 Å². The molecule has 4 saturated carbocycles. The molecule has 6 nitrogen and oxygen atoms in total. The van der Waals surface area contributed by atoms with Gasteiger partial charge in [-0.05, 0) is 87.2 Å². The molecular weight excluding hydrogens is 426 g/mol. The minimum absolute atomic E-state index is 0.122. The van der Waals surface area contributed by atoms with Crippen molar-refractivity contribution >= 4 is 17.5 Å². The summed E-state index contributed by atoms with van der Waals surface area (Å²) in [6.07, 6.45) is 9.72. The molecule has 6 heteroatoms. The van der Waals surface area contributed by atoms with Gasteiger partial charge in [-0.3, -0.25) is 9.59 Å². The van der Waals surface area contributed by atoms with Crippen molar-refractivity contribution in [1.29, 1.82) is 0 Å². The number of rotatable bonds is 8. The number of nitrogens with one attached hydrogen (secondary N) is 1. The predicted molar refractivity (Wildman–Crippen MR) is 134 cm³/mol. The second-order valence-corrected chi connectivity index (χ2v) is 11.5. The number of carbonyl (C=O) groups is 2. The van der Waals surface area contributed by atoms with Gasteiger partial charge in [0, 0.05) is 45.1 Å². The number of hydrogen-bond donors (Lipinski definition) is 1. The molecule has 186 valence electrons. The van der Waals surface area contributed by atoms with Gasteiger partial charge in [-0.2, -0.15) is 0 Å². The molecule has 5 aliphatic rings. The van der Waals surface area contributed by atoms with Crippen molar-refractivity contribution in [2.24, 2.45) is 23.2 Å². The van der Waals surface area contributed by atoms with E-state index >= 15 is 0 Å². The van der Waals surface area contributed by atoms with E-state index < -0.39 is 0 Å². The van der Waals surface area contributed by atoms with Crippen LogP contribution in [0.3, 0.4) is 0 Å². The normalized spacial score (nSPS) is 30.8. The minimum Gasteiger partial charge on any atom is -0.495 e. The Labute approximate surface area is 204 Å². The van der Waals surface area contributed by atoms with Gasteiger partial charge in [-0.15, -0.1) is 0 Å². The van der Waals surface area contributed by atoms with Gasteiger partial charge >= 0.3 is 0 Å². The van der Waals surface area contributed by atoms with Crippen molar-refractivity contribution in [3.8, 4) is 5.75 Å². The summed E-state index contributed by atoms with van der Waals surface area (Å²) in [6.45, 7) is 5.26. The summed E-state index contributed by atoms with van der Waals surface area (Å²) >= 11 is 0. The van der Waals surface area contributed by atoms with Gasteiger partial charge in [0.1, 0.15) is 5.75 Å². The highest BCUT2D eigenvalue weighted by Gasteiger charge is 2.53. The number of carbonyl (C=O) groups excluding carboxylic acids is 2. The molecule has 0 spiro atoms. The Bertz CT molecular complexity index is 857. The summed E-state index contributed by atoms with van der Waals surface area (Å²) in [5.74, 6) is 3.85. The number of hydrogen-bond acceptors (Lipinski definition) is 4. The Morgan fingerprint density at radius 3 is 2.24 bits per heavy atom. The molecular formula is C28H41N3O3. The fourth-order valence-electron chi connectivity index (χ4n) is 7.82. The van der Waals surface area contributed by atoms with E-state index in [1.54, 1.807) is 7.11 Å². The summed E-state index contributed by atoms with van der Waals surface area (Å²) < 4.78 is 5.48. The van der Waals surface area contributed by atoms with Gasteiger partial charge in [0.15, 0.2) is 0 Å². The third kappa shape index (κ3) is 4.78. The number of nitrogens with zero attached hydrogens (tertiary/aromatic N) is 2. The second-order valence-electron chi connectivity index (χ2n) is 11.5. The van der Waals surface area contributed by atoms with Crippen molar-refractivity contribution < 1.29 is 14.3 Å². The third-order valence-electron chi connectivity index (χ3n) is 9.23. The first-order valence-corrected chi connectivity index (χ1v) is 13.4. The van der Waals surface area contributed by atoms with Gasteiger partial charge in [0.25, 0.3) is 0 Å². The lowest BCUT2D eigenvalue weighted by atomic mass is 9.48. The quantitative estimate of drug-likeness (QED) is 0.621. The van der Waals surface area contributed by atoms with E-state index in [-0.39, 0.29) is 17.9 Å². The lowest BCUT2D eigenvalue weighted by Gasteiger charge is -2.59. The first kappa shape index (κ1) is 23.5. The first-order chi connectivity index (χ1) is 16.5. The van der Waals surface area contributed by atoms with Gasteiger partial charge in [-0.25, -0.2) is 0 Å². The van der Waals surface area contributed by atoms with Crippen molar-refractivity contribution in [3.05, 3.63) is 24.3 Å². The Kier molecular flexibility index (Phi) is 6.76. The topological polar surface area (TPSA) is 61.9 Å². The Morgan fingerprint density at radius 2 is 1.62 bits per heavy atom. The van der Waals surface area contributed by atoms with E-state index in [0.29, 0.717) is 37.8 Å². The summed E-state index contributed by atoms with van der Waals surface area (Å²) in [4.78, 5) is 29.7. The predicted octanol–water partition coefficient (Wildman–Crippen LogP) is 4.24. The molecule has 1 N–H and O–H groups in total. The van der Waals surface area contributed by atoms with Crippen LogP contribution in [0.2, 0.25) is 0 Å². The SMILES string of the molecule is COc1ccccc1N1CCN(C(=O)CCCC(=O)NC(C)C23CC4CC(CC(C4)C2)C3)CC1. The summed E-state index contributed by atoms with van der Waals surface area (Å²) in [6, 6.07) is 8.29. The van der Waals surface area contributed by atoms with Gasteiger partial charge in [0.2, 0.25) is 11.8 Å². The van der Waals surface area contributed by atoms with Gasteiger partial charge in [-0.1, -0.05) is 12.1 Å². The number of benzene rings is 1. The number of anilines is 1. The average molecular weight is 468 g/mol. The molecule has 0 radical (unpaired) electrons. The highest BCUT2D eigenvalue weighted by molar-refractivity contribution is 5.79. The van der Waals surface area contributed by atoms with Crippen molar-refractivity contribution in [1.82, 2.24) is 10.2 Å². The van der Waals surface area contributed by atoms with E-state index in [4.69, 9.17) is 4.74 Å². The van der Waals surface area contributed by atoms with Crippen LogP contribution < -0.4 is 15.0 Å². The summed E-state index contributed by atoms with van der Waals surface area (Å²) in [5.41, 5.74) is 1.42. The molecule has 1 heterocycles. The highest BCUT2D eigenvalue weighted by atomic mass is 16.5. The Morgan fingerprint density at radius 1 is 1.00 bits per heavy atom. The molecule has 1 saturated heterocycles. The van der Waals surface area contributed by atoms with Gasteiger partial charge < -0.3 is 19.9 Å². The monoisotopic (exact) mass is 467 g/mol. The zero-order chi connectivity index (χ0) is 23.7. The Balaban J connectivity index is 1.04. The van der Waals surface area contributed by atoms with E-state index in [2.05, 4.69) is 23.2 Å². The van der Waals surface area contributed by atoms with Crippen LogP contribution in [-0.4, -0.2) is 56.0 Å². The molecule has 1 atom stereocenters. The van der Waals surface area contributed by atoms with Crippen LogP contribution in [0, 0.1) is 23.2 Å². The number of ether oxygens (including phenoxy) is 1. The highest BCUT2D eigenvalue weighted by Crippen LogP contribution is 2.61. The number of para-hydroxylation sites is 2. The Hall–Kier alpha value is -2.24. The van der Waals surface area contributed by atoms with Crippen LogP contribution in [0.25, 0.3) is 0 Å². The van der Waals surface area contributed by atoms with Crippen molar-refractivity contribution in [2.75, 3.05) is 38.2 Å². The van der Waals surface area contributed by atoms with E-state index in [9.17, 15) is 9.59 Å². The maximum Gasteiger partial charge on any atom is 0.222 e. The minimum atomic E-state index is 0.122. The second kappa shape index (κ2) is 9.79. The molecule has 1 unspecified atom stereocenters. The smallest absolute Gasteiger partial charge is 0.222 e. The van der Waals surface area contributed by atoms with E-state index in [1.165, 1.54) is 38.5 Å². The molecule has 6 rings (SSSR count). The van der Waals surface area contributed by atoms with E-state index in [0.717, 1.165) is 42.3 Å². The molecule has 1 aliphatic heterocycles. The first-order valence-electron chi connectivity index (χ1n) is 13.4. The van der Waals surface area contributed by atoms with Crippen LogP contribution in [-0.2, 0) is 9.59 Å². The van der Waals surface area contributed by atoms with Crippen LogP contribution in [0.4, 0.5) is 5.69 Å². The van der Waals surface area contributed by atoms with Crippen molar-refractivity contribution in [2.45, 2.75) is 70.8 Å². The molecule has 1 aromatic carbocycles. The molecule has 4 bridgehead atoms.